The normalized spacial score (nSPS) is 9.26. The fourth-order valence-corrected chi connectivity index (χ4v) is 1.72. The Morgan fingerprint density at radius 3 is 2.42 bits per heavy atom. The van der Waals surface area contributed by atoms with E-state index in [1.54, 1.807) is 30.3 Å². The highest BCUT2D eigenvalue weighted by molar-refractivity contribution is 5.55. The molecule has 1 radical (unpaired) electrons. The minimum absolute atomic E-state index is 0.560. The zero-order chi connectivity index (χ0) is 13.5. The number of hydrogen-bond donors (Lipinski definition) is 0. The van der Waals surface area contributed by atoms with Gasteiger partial charge in [-0.3, -0.25) is 0 Å². The minimum atomic E-state index is 0.560. The van der Waals surface area contributed by atoms with Gasteiger partial charge in [0.15, 0.2) is 0 Å². The van der Waals surface area contributed by atoms with E-state index in [1.165, 1.54) is 12.2 Å². The SMILES string of the molecule is O=C=Nc1ccc(Cc2c[c]ccc2N=C=O)cc1. The number of aliphatic imine (C=N–C) groups is 2. The van der Waals surface area contributed by atoms with Crippen molar-refractivity contribution in [3.63, 3.8) is 0 Å². The van der Waals surface area contributed by atoms with Crippen molar-refractivity contribution in [2.75, 3.05) is 0 Å². The summed E-state index contributed by atoms with van der Waals surface area (Å²) in [7, 11) is 0. The van der Waals surface area contributed by atoms with Crippen molar-refractivity contribution in [2.45, 2.75) is 6.42 Å². The summed E-state index contributed by atoms with van der Waals surface area (Å²) in [5.41, 5.74) is 3.05. The number of carbonyl (C=O) groups excluding carboxylic acids is 2. The molecule has 19 heavy (non-hydrogen) atoms. The van der Waals surface area contributed by atoms with E-state index < -0.39 is 0 Å². The van der Waals surface area contributed by atoms with E-state index in [2.05, 4.69) is 16.1 Å². The maximum atomic E-state index is 10.3. The summed E-state index contributed by atoms with van der Waals surface area (Å²) in [5.74, 6) is 0. The van der Waals surface area contributed by atoms with Crippen molar-refractivity contribution in [3.05, 3.63) is 59.7 Å². The summed E-state index contributed by atoms with van der Waals surface area (Å²) in [4.78, 5) is 27.6. The second kappa shape index (κ2) is 6.22. The maximum Gasteiger partial charge on any atom is 0.240 e. The summed E-state index contributed by atoms with van der Waals surface area (Å²) < 4.78 is 0. The molecule has 0 unspecified atom stereocenters. The smallest absolute Gasteiger partial charge is 0.211 e. The molecule has 2 rings (SSSR count). The Bertz CT molecular complexity index is 665. The van der Waals surface area contributed by atoms with Crippen molar-refractivity contribution in [3.8, 4) is 0 Å². The van der Waals surface area contributed by atoms with Crippen LogP contribution in [-0.4, -0.2) is 12.2 Å². The Morgan fingerprint density at radius 1 is 1.00 bits per heavy atom. The van der Waals surface area contributed by atoms with E-state index >= 15 is 0 Å². The van der Waals surface area contributed by atoms with Gasteiger partial charge < -0.3 is 0 Å². The van der Waals surface area contributed by atoms with Gasteiger partial charge in [0.05, 0.1) is 11.4 Å². The topological polar surface area (TPSA) is 58.9 Å². The van der Waals surface area contributed by atoms with Crippen LogP contribution in [0.25, 0.3) is 0 Å². The molecule has 0 atom stereocenters. The van der Waals surface area contributed by atoms with Gasteiger partial charge in [-0.1, -0.05) is 18.2 Å². The molecule has 4 nitrogen and oxygen atoms in total. The fraction of sp³-hybridized carbons (Fsp3) is 0.0667. The number of rotatable bonds is 4. The predicted octanol–water partition coefficient (Wildman–Crippen LogP) is 3.01. The van der Waals surface area contributed by atoms with Crippen LogP contribution in [-0.2, 0) is 16.0 Å². The lowest BCUT2D eigenvalue weighted by Crippen LogP contribution is -1.88. The molecule has 0 saturated carbocycles. The highest BCUT2D eigenvalue weighted by Gasteiger charge is 2.02. The van der Waals surface area contributed by atoms with Gasteiger partial charge in [0.1, 0.15) is 0 Å². The van der Waals surface area contributed by atoms with E-state index in [-0.39, 0.29) is 0 Å². The molecular formula is C15H9N2O2. The summed E-state index contributed by atoms with van der Waals surface area (Å²) in [6, 6.07) is 15.3. The summed E-state index contributed by atoms with van der Waals surface area (Å²) in [6.07, 6.45) is 3.64. The van der Waals surface area contributed by atoms with Crippen LogP contribution in [0.15, 0.2) is 52.4 Å². The van der Waals surface area contributed by atoms with E-state index in [0.717, 1.165) is 11.1 Å². The van der Waals surface area contributed by atoms with Gasteiger partial charge in [0.2, 0.25) is 12.2 Å². The third kappa shape index (κ3) is 3.33. The Balaban J connectivity index is 2.26. The molecular weight excluding hydrogens is 240 g/mol. The maximum absolute atomic E-state index is 10.3. The van der Waals surface area contributed by atoms with Crippen LogP contribution >= 0.6 is 0 Å². The monoisotopic (exact) mass is 249 g/mol. The molecule has 4 heteroatoms. The van der Waals surface area contributed by atoms with Crippen molar-refractivity contribution in [1.29, 1.82) is 0 Å². The zero-order valence-electron chi connectivity index (χ0n) is 9.96. The molecule has 91 valence electrons. The van der Waals surface area contributed by atoms with Gasteiger partial charge in [-0.25, -0.2) is 9.59 Å². The van der Waals surface area contributed by atoms with Crippen LogP contribution in [0.2, 0.25) is 0 Å². The van der Waals surface area contributed by atoms with E-state index in [0.29, 0.717) is 17.8 Å². The summed E-state index contributed by atoms with van der Waals surface area (Å²) in [6.45, 7) is 0. The summed E-state index contributed by atoms with van der Waals surface area (Å²) in [5, 5.41) is 0. The minimum Gasteiger partial charge on any atom is -0.211 e. The second-order valence-electron chi connectivity index (χ2n) is 3.80. The second-order valence-corrected chi connectivity index (χ2v) is 3.80. The first-order chi connectivity index (χ1) is 9.33. The van der Waals surface area contributed by atoms with Crippen LogP contribution in [0.1, 0.15) is 11.1 Å². The molecule has 0 amide bonds. The molecule has 0 heterocycles. The molecule has 0 aliphatic heterocycles. The molecule has 0 saturated heterocycles. The van der Waals surface area contributed by atoms with Crippen LogP contribution in [0.3, 0.4) is 0 Å². The third-order valence-electron chi connectivity index (χ3n) is 2.60. The molecule has 0 aliphatic rings. The highest BCUT2D eigenvalue weighted by Crippen LogP contribution is 2.22. The zero-order valence-corrected chi connectivity index (χ0v) is 9.96. The summed E-state index contributed by atoms with van der Waals surface area (Å²) >= 11 is 0. The molecule has 2 aromatic rings. The van der Waals surface area contributed by atoms with Gasteiger partial charge in [0.25, 0.3) is 0 Å². The largest absolute Gasteiger partial charge is 0.240 e. The molecule has 2 aromatic carbocycles. The number of hydrogen-bond acceptors (Lipinski definition) is 4. The average molecular weight is 249 g/mol. The number of nitrogens with zero attached hydrogens (tertiary/aromatic N) is 2. The van der Waals surface area contributed by atoms with E-state index in [4.69, 9.17) is 0 Å². The Hall–Kier alpha value is -2.80. The first-order valence-corrected chi connectivity index (χ1v) is 5.57. The van der Waals surface area contributed by atoms with Gasteiger partial charge in [-0.15, -0.1) is 0 Å². The van der Waals surface area contributed by atoms with Crippen molar-refractivity contribution in [2.24, 2.45) is 9.98 Å². The van der Waals surface area contributed by atoms with E-state index in [1.807, 2.05) is 12.1 Å². The van der Waals surface area contributed by atoms with Crippen LogP contribution < -0.4 is 0 Å². The van der Waals surface area contributed by atoms with Gasteiger partial charge in [-0.05, 0) is 47.9 Å². The predicted molar refractivity (Wildman–Crippen MR) is 70.1 cm³/mol. The number of benzene rings is 2. The molecule has 0 spiro atoms. The molecule has 0 aromatic heterocycles. The van der Waals surface area contributed by atoms with E-state index in [9.17, 15) is 9.59 Å². The quantitative estimate of drug-likeness (QED) is 0.617. The van der Waals surface area contributed by atoms with Crippen LogP contribution in [0.4, 0.5) is 11.4 Å². The average Bonchev–Trinajstić information content (AvgIpc) is 2.44. The van der Waals surface area contributed by atoms with Gasteiger partial charge in [0, 0.05) is 0 Å². The first kappa shape index (κ1) is 12.7. The first-order valence-electron chi connectivity index (χ1n) is 5.57. The van der Waals surface area contributed by atoms with Gasteiger partial charge >= 0.3 is 0 Å². The molecule has 0 fully saturated rings. The van der Waals surface area contributed by atoms with Gasteiger partial charge in [-0.2, -0.15) is 9.98 Å². The fourth-order valence-electron chi connectivity index (χ4n) is 1.72. The Morgan fingerprint density at radius 2 is 1.74 bits per heavy atom. The lowest BCUT2D eigenvalue weighted by molar-refractivity contribution is 0.564. The Labute approximate surface area is 110 Å². The molecule has 0 N–H and O–H groups in total. The lowest BCUT2D eigenvalue weighted by atomic mass is 10.0. The Kier molecular flexibility index (Phi) is 4.14. The van der Waals surface area contributed by atoms with Crippen LogP contribution in [0, 0.1) is 6.07 Å². The van der Waals surface area contributed by atoms with Crippen molar-refractivity contribution in [1.82, 2.24) is 0 Å². The standard InChI is InChI=1S/C15H9N2O2/c18-10-16-14-7-5-12(6-8-14)9-13-3-1-2-4-15(13)17-11-19/h2-8H,9H2. The molecule has 0 bridgehead atoms. The highest BCUT2D eigenvalue weighted by atomic mass is 16.1. The molecule has 0 aliphatic carbocycles. The van der Waals surface area contributed by atoms with Crippen molar-refractivity contribution < 1.29 is 9.59 Å². The van der Waals surface area contributed by atoms with Crippen LogP contribution in [0.5, 0.6) is 0 Å². The lowest BCUT2D eigenvalue weighted by Gasteiger charge is -2.04. The number of isocyanates is 2. The van der Waals surface area contributed by atoms with Crippen molar-refractivity contribution >= 4 is 23.5 Å². The third-order valence-corrected chi connectivity index (χ3v) is 2.60.